The fourth-order valence-corrected chi connectivity index (χ4v) is 4.69. The average molecular weight is 497 g/mol. The first kappa shape index (κ1) is 25.9. The summed E-state index contributed by atoms with van der Waals surface area (Å²) in [6, 6.07) is 12.4. The van der Waals surface area contributed by atoms with Crippen LogP contribution in [-0.4, -0.2) is 64.2 Å². The van der Waals surface area contributed by atoms with Crippen molar-refractivity contribution >= 4 is 0 Å². The molecule has 0 radical (unpaired) electrons. The molecule has 35 heavy (non-hydrogen) atoms. The highest BCUT2D eigenvalue weighted by molar-refractivity contribution is 5.38. The molecule has 1 heterocycles. The summed E-state index contributed by atoms with van der Waals surface area (Å²) >= 11 is 0. The van der Waals surface area contributed by atoms with Crippen LogP contribution in [0.5, 0.6) is 5.75 Å². The van der Waals surface area contributed by atoms with E-state index in [1.807, 2.05) is 19.1 Å². The third-order valence-corrected chi connectivity index (χ3v) is 7.34. The zero-order valence-electron chi connectivity index (χ0n) is 19.4. The molecule has 1 saturated carbocycles. The number of rotatable bonds is 7. The van der Waals surface area contributed by atoms with Gasteiger partial charge in [-0.25, -0.2) is 0 Å². The van der Waals surface area contributed by atoms with Crippen LogP contribution in [0.3, 0.4) is 0 Å². The first-order chi connectivity index (χ1) is 16.5. The van der Waals surface area contributed by atoms with E-state index in [4.69, 9.17) is 9.47 Å². The van der Waals surface area contributed by atoms with E-state index >= 15 is 0 Å². The Balaban J connectivity index is 1.44. The van der Waals surface area contributed by atoms with Crippen molar-refractivity contribution in [2.75, 3.05) is 13.2 Å². The normalized spacial score (nSPS) is 28.4. The molecular weight excluding hydrogens is 465 g/mol. The third-order valence-electron chi connectivity index (χ3n) is 7.34. The highest BCUT2D eigenvalue weighted by atomic mass is 19.4. The summed E-state index contributed by atoms with van der Waals surface area (Å²) in [5.74, 6) is 0.385. The predicted octanol–water partition coefficient (Wildman–Crippen LogP) is 3.21. The van der Waals surface area contributed by atoms with Gasteiger partial charge in [0, 0.05) is 0 Å². The predicted molar refractivity (Wildman–Crippen MR) is 121 cm³/mol. The molecule has 2 aromatic rings. The first-order valence-electron chi connectivity index (χ1n) is 11.7. The highest BCUT2D eigenvalue weighted by Crippen LogP contribution is 2.53. The maximum atomic E-state index is 13.3. The van der Waals surface area contributed by atoms with Crippen molar-refractivity contribution in [3.63, 3.8) is 0 Å². The van der Waals surface area contributed by atoms with Gasteiger partial charge in [0.15, 0.2) is 0 Å². The second kappa shape index (κ2) is 10.1. The number of halogens is 3. The Hall–Kier alpha value is -2.17. The summed E-state index contributed by atoms with van der Waals surface area (Å²) in [5.41, 5.74) is 1.68. The lowest BCUT2D eigenvalue weighted by atomic mass is 9.69. The first-order valence-corrected chi connectivity index (χ1v) is 11.7. The Bertz CT molecular complexity index is 1000. The zero-order chi connectivity index (χ0) is 25.4. The molecule has 4 N–H and O–H groups in total. The Morgan fingerprint density at radius 1 is 1.00 bits per heavy atom. The molecular formula is C26H31F3O6. The molecule has 0 bridgehead atoms. The number of benzene rings is 2. The summed E-state index contributed by atoms with van der Waals surface area (Å²) in [5, 5.41) is 40.0. The van der Waals surface area contributed by atoms with E-state index in [1.54, 1.807) is 30.3 Å². The number of aliphatic hydroxyl groups excluding tert-OH is 4. The fourth-order valence-electron chi connectivity index (χ4n) is 4.69. The minimum Gasteiger partial charge on any atom is -0.493 e. The van der Waals surface area contributed by atoms with Crippen LogP contribution in [-0.2, 0) is 11.2 Å². The Kier molecular flexibility index (Phi) is 7.45. The van der Waals surface area contributed by atoms with Crippen molar-refractivity contribution in [1.82, 2.24) is 0 Å². The van der Waals surface area contributed by atoms with Crippen molar-refractivity contribution < 1.29 is 43.1 Å². The van der Waals surface area contributed by atoms with E-state index in [0.29, 0.717) is 24.2 Å². The fraction of sp³-hybridized carbons (Fsp3) is 0.538. The van der Waals surface area contributed by atoms with Gasteiger partial charge >= 0.3 is 6.18 Å². The van der Waals surface area contributed by atoms with Gasteiger partial charge in [-0.3, -0.25) is 0 Å². The molecule has 5 atom stereocenters. The molecule has 1 aliphatic heterocycles. The van der Waals surface area contributed by atoms with Gasteiger partial charge in [-0.05, 0) is 60.6 Å². The second-order valence-electron chi connectivity index (χ2n) is 9.68. The summed E-state index contributed by atoms with van der Waals surface area (Å²) in [7, 11) is 0. The van der Waals surface area contributed by atoms with E-state index in [9.17, 15) is 33.6 Å². The number of aryl methyl sites for hydroxylation is 1. The number of hydrogen-bond donors (Lipinski definition) is 4. The van der Waals surface area contributed by atoms with Crippen LogP contribution in [0.4, 0.5) is 13.2 Å². The van der Waals surface area contributed by atoms with Crippen molar-refractivity contribution in [2.24, 2.45) is 5.41 Å². The largest absolute Gasteiger partial charge is 0.493 e. The molecule has 6 nitrogen and oxygen atoms in total. The SMILES string of the molecule is Cc1ccc(C2OC(CO)C(O)C(O)C2O)cc1Cc1ccc(OCC2(C(F)(F)F)CCC2)cc1. The molecule has 0 amide bonds. The van der Waals surface area contributed by atoms with Gasteiger partial charge in [0.1, 0.15) is 42.9 Å². The monoisotopic (exact) mass is 496 g/mol. The Morgan fingerprint density at radius 2 is 1.69 bits per heavy atom. The Labute approximate surface area is 201 Å². The van der Waals surface area contributed by atoms with Crippen molar-refractivity contribution in [3.05, 3.63) is 64.7 Å². The van der Waals surface area contributed by atoms with Gasteiger partial charge in [-0.2, -0.15) is 13.2 Å². The van der Waals surface area contributed by atoms with Gasteiger partial charge in [0.25, 0.3) is 0 Å². The van der Waals surface area contributed by atoms with Crippen LogP contribution >= 0.6 is 0 Å². The number of ether oxygens (including phenoxy) is 2. The van der Waals surface area contributed by atoms with E-state index in [2.05, 4.69) is 0 Å². The summed E-state index contributed by atoms with van der Waals surface area (Å²) in [6.07, 6.45) is -9.17. The molecule has 1 aliphatic carbocycles. The van der Waals surface area contributed by atoms with Crippen LogP contribution in [0.1, 0.15) is 47.6 Å². The molecule has 2 aliphatic rings. The smallest absolute Gasteiger partial charge is 0.397 e. The lowest BCUT2D eigenvalue weighted by Gasteiger charge is -2.42. The number of aliphatic hydroxyl groups is 4. The number of alkyl halides is 3. The van der Waals surface area contributed by atoms with Gasteiger partial charge in [-0.1, -0.05) is 36.8 Å². The van der Waals surface area contributed by atoms with Gasteiger partial charge < -0.3 is 29.9 Å². The standard InChI is InChI=1S/C26H31F3O6/c1-15-3-6-17(24-23(33)22(32)21(31)20(13-30)35-24)12-18(15)11-16-4-7-19(8-5-16)34-14-25(9-2-10-25)26(27,28)29/h3-8,12,20-24,30-33H,2,9-11,13-14H2,1H3. The van der Waals surface area contributed by atoms with Crippen LogP contribution in [0.25, 0.3) is 0 Å². The molecule has 5 unspecified atom stereocenters. The van der Waals surface area contributed by atoms with E-state index in [0.717, 1.165) is 16.7 Å². The minimum absolute atomic E-state index is 0.0959. The van der Waals surface area contributed by atoms with Crippen LogP contribution in [0.2, 0.25) is 0 Å². The third kappa shape index (κ3) is 5.20. The second-order valence-corrected chi connectivity index (χ2v) is 9.68. The molecule has 1 saturated heterocycles. The van der Waals surface area contributed by atoms with Crippen molar-refractivity contribution in [3.8, 4) is 5.75 Å². The van der Waals surface area contributed by atoms with Gasteiger partial charge in [0.2, 0.25) is 0 Å². The van der Waals surface area contributed by atoms with E-state index in [-0.39, 0.29) is 19.4 Å². The number of hydrogen-bond acceptors (Lipinski definition) is 6. The summed E-state index contributed by atoms with van der Waals surface area (Å²) in [4.78, 5) is 0. The lowest BCUT2D eigenvalue weighted by molar-refractivity contribution is -0.259. The zero-order valence-corrected chi connectivity index (χ0v) is 19.4. The average Bonchev–Trinajstić information content (AvgIpc) is 2.79. The quantitative estimate of drug-likeness (QED) is 0.470. The molecule has 0 spiro atoms. The maximum Gasteiger partial charge on any atom is 0.397 e. The molecule has 9 heteroatoms. The topological polar surface area (TPSA) is 99.4 Å². The minimum atomic E-state index is -4.27. The van der Waals surface area contributed by atoms with E-state index in [1.165, 1.54) is 0 Å². The van der Waals surface area contributed by atoms with E-state index < -0.39 is 48.7 Å². The summed E-state index contributed by atoms with van der Waals surface area (Å²) in [6.45, 7) is 1.05. The molecule has 2 fully saturated rings. The highest BCUT2D eigenvalue weighted by Gasteiger charge is 2.58. The maximum absolute atomic E-state index is 13.3. The van der Waals surface area contributed by atoms with Gasteiger partial charge in [-0.15, -0.1) is 0 Å². The molecule has 4 rings (SSSR count). The van der Waals surface area contributed by atoms with Crippen molar-refractivity contribution in [1.29, 1.82) is 0 Å². The Morgan fingerprint density at radius 3 is 2.26 bits per heavy atom. The van der Waals surface area contributed by atoms with Crippen LogP contribution in [0.15, 0.2) is 42.5 Å². The lowest BCUT2D eigenvalue weighted by Crippen LogP contribution is -2.55. The molecule has 2 aromatic carbocycles. The van der Waals surface area contributed by atoms with Gasteiger partial charge in [0.05, 0.1) is 12.0 Å². The molecule has 192 valence electrons. The van der Waals surface area contributed by atoms with Crippen molar-refractivity contribution in [2.45, 2.75) is 69.3 Å². The van der Waals surface area contributed by atoms with Crippen LogP contribution < -0.4 is 4.74 Å². The molecule has 0 aromatic heterocycles. The van der Waals surface area contributed by atoms with Crippen LogP contribution in [0, 0.1) is 12.3 Å². The summed E-state index contributed by atoms with van der Waals surface area (Å²) < 4.78 is 51.2.